The maximum Gasteiger partial charge on any atom is 0.228 e. The molecule has 0 radical (unpaired) electrons. The van der Waals surface area contributed by atoms with Crippen molar-refractivity contribution in [1.29, 1.82) is 0 Å². The molecule has 0 aliphatic heterocycles. The third-order valence-corrected chi connectivity index (χ3v) is 3.47. The molecule has 2 aromatic carbocycles. The summed E-state index contributed by atoms with van der Waals surface area (Å²) < 4.78 is 13.6. The first kappa shape index (κ1) is 15.0. The maximum atomic E-state index is 13.6. The van der Waals surface area contributed by atoms with Gasteiger partial charge in [0.05, 0.1) is 18.3 Å². The number of aromatic nitrogens is 2. The molecule has 0 aliphatic carbocycles. The number of hydrogen-bond acceptors (Lipinski definition) is 2. The van der Waals surface area contributed by atoms with E-state index in [9.17, 15) is 9.18 Å². The van der Waals surface area contributed by atoms with E-state index in [-0.39, 0.29) is 18.1 Å². The Balaban J connectivity index is 1.73. The van der Waals surface area contributed by atoms with E-state index >= 15 is 0 Å². The van der Waals surface area contributed by atoms with Gasteiger partial charge in [-0.05, 0) is 30.7 Å². The van der Waals surface area contributed by atoms with Crippen LogP contribution in [0.1, 0.15) is 11.4 Å². The van der Waals surface area contributed by atoms with E-state index in [0.717, 1.165) is 17.1 Å². The van der Waals surface area contributed by atoms with Gasteiger partial charge in [0.15, 0.2) is 0 Å². The van der Waals surface area contributed by atoms with Gasteiger partial charge in [0, 0.05) is 11.3 Å². The van der Waals surface area contributed by atoms with Gasteiger partial charge in [0.1, 0.15) is 11.6 Å². The molecule has 3 rings (SSSR count). The van der Waals surface area contributed by atoms with Crippen molar-refractivity contribution in [2.45, 2.75) is 13.3 Å². The number of halogens is 1. The van der Waals surface area contributed by atoms with Crippen molar-refractivity contribution in [1.82, 2.24) is 9.97 Å². The van der Waals surface area contributed by atoms with Gasteiger partial charge in [0.2, 0.25) is 5.91 Å². The van der Waals surface area contributed by atoms with Crippen molar-refractivity contribution >= 4 is 11.6 Å². The highest BCUT2D eigenvalue weighted by molar-refractivity contribution is 5.92. The van der Waals surface area contributed by atoms with Gasteiger partial charge in [0.25, 0.3) is 0 Å². The van der Waals surface area contributed by atoms with Crippen LogP contribution in [0.15, 0.2) is 54.7 Å². The zero-order chi connectivity index (χ0) is 16.2. The minimum Gasteiger partial charge on any atom is -0.342 e. The zero-order valence-electron chi connectivity index (χ0n) is 12.6. The largest absolute Gasteiger partial charge is 0.342 e. The fourth-order valence-corrected chi connectivity index (χ4v) is 2.35. The number of rotatable bonds is 4. The van der Waals surface area contributed by atoms with Crippen LogP contribution in [0.3, 0.4) is 0 Å². The van der Waals surface area contributed by atoms with Crippen LogP contribution in [-0.4, -0.2) is 15.9 Å². The second-order valence-electron chi connectivity index (χ2n) is 5.28. The molecule has 0 unspecified atom stereocenters. The zero-order valence-corrected chi connectivity index (χ0v) is 12.6. The molecule has 1 heterocycles. The minimum absolute atomic E-state index is 0.0000661. The molecule has 4 nitrogen and oxygen atoms in total. The van der Waals surface area contributed by atoms with Gasteiger partial charge in [-0.2, -0.15) is 0 Å². The van der Waals surface area contributed by atoms with E-state index in [1.165, 1.54) is 6.07 Å². The van der Waals surface area contributed by atoms with Gasteiger partial charge >= 0.3 is 0 Å². The summed E-state index contributed by atoms with van der Waals surface area (Å²) in [6, 6.07) is 13.7. The van der Waals surface area contributed by atoms with Crippen molar-refractivity contribution < 1.29 is 9.18 Å². The quantitative estimate of drug-likeness (QED) is 0.772. The fraction of sp³-hybridized carbons (Fsp3) is 0.111. The lowest BCUT2D eigenvalue weighted by molar-refractivity contribution is -0.115. The summed E-state index contributed by atoms with van der Waals surface area (Å²) in [7, 11) is 0. The van der Waals surface area contributed by atoms with Gasteiger partial charge in [-0.3, -0.25) is 4.79 Å². The lowest BCUT2D eigenvalue weighted by Crippen LogP contribution is -2.15. The summed E-state index contributed by atoms with van der Waals surface area (Å²) in [6.07, 6.45) is 1.75. The molecule has 0 aliphatic rings. The predicted molar refractivity (Wildman–Crippen MR) is 87.5 cm³/mol. The van der Waals surface area contributed by atoms with Crippen molar-refractivity contribution in [3.8, 4) is 11.3 Å². The second kappa shape index (κ2) is 6.44. The molecule has 3 aromatic rings. The molecule has 116 valence electrons. The normalized spacial score (nSPS) is 10.5. The Labute approximate surface area is 133 Å². The fourth-order valence-electron chi connectivity index (χ4n) is 2.35. The highest BCUT2D eigenvalue weighted by atomic mass is 19.1. The van der Waals surface area contributed by atoms with E-state index < -0.39 is 0 Å². The molecule has 0 fully saturated rings. The molecule has 0 bridgehead atoms. The third-order valence-electron chi connectivity index (χ3n) is 3.47. The topological polar surface area (TPSA) is 57.8 Å². The molecule has 0 spiro atoms. The Hall–Kier alpha value is -2.95. The number of hydrogen-bond donors (Lipinski definition) is 2. The van der Waals surface area contributed by atoms with Crippen LogP contribution in [0.4, 0.5) is 10.1 Å². The first-order valence-corrected chi connectivity index (χ1v) is 7.27. The van der Waals surface area contributed by atoms with Crippen LogP contribution in [0.25, 0.3) is 11.3 Å². The predicted octanol–water partition coefficient (Wildman–Crippen LogP) is 3.71. The standard InChI is InChI=1S/C18H16FN3O/c1-12-20-11-17(21-12)14-6-4-7-15(9-14)22-18(23)10-13-5-2-3-8-16(13)19/h2-9,11H,10H2,1H3,(H,20,21)(H,22,23). The van der Waals surface area contributed by atoms with Crippen LogP contribution >= 0.6 is 0 Å². The summed E-state index contributed by atoms with van der Waals surface area (Å²) in [5.74, 6) is 0.200. The van der Waals surface area contributed by atoms with Crippen molar-refractivity contribution in [3.05, 3.63) is 71.9 Å². The van der Waals surface area contributed by atoms with Gasteiger partial charge in [-0.1, -0.05) is 30.3 Å². The number of aryl methyl sites for hydroxylation is 1. The first-order valence-electron chi connectivity index (χ1n) is 7.27. The molecule has 5 heteroatoms. The minimum atomic E-state index is -0.371. The van der Waals surface area contributed by atoms with Crippen LogP contribution in [0.5, 0.6) is 0 Å². The average Bonchev–Trinajstić information content (AvgIpc) is 2.96. The molecule has 2 N–H and O–H groups in total. The number of imidazole rings is 1. The lowest BCUT2D eigenvalue weighted by atomic mass is 10.1. The van der Waals surface area contributed by atoms with Crippen LogP contribution < -0.4 is 5.32 Å². The van der Waals surface area contributed by atoms with Crippen LogP contribution in [0, 0.1) is 12.7 Å². The Morgan fingerprint density at radius 2 is 2.04 bits per heavy atom. The number of carbonyl (C=O) groups is 1. The summed E-state index contributed by atoms with van der Waals surface area (Å²) in [6.45, 7) is 1.88. The molecule has 0 saturated carbocycles. The molecule has 23 heavy (non-hydrogen) atoms. The number of nitrogens with zero attached hydrogens (tertiary/aromatic N) is 1. The Bertz CT molecular complexity index is 842. The van der Waals surface area contributed by atoms with E-state index in [2.05, 4.69) is 15.3 Å². The number of carbonyl (C=O) groups excluding carboxylic acids is 1. The number of nitrogens with one attached hydrogen (secondary N) is 2. The van der Waals surface area contributed by atoms with E-state index in [0.29, 0.717) is 11.3 Å². The van der Waals surface area contributed by atoms with Crippen molar-refractivity contribution in [2.24, 2.45) is 0 Å². The molecular formula is C18H16FN3O. The van der Waals surface area contributed by atoms with Gasteiger partial charge < -0.3 is 10.3 Å². The third kappa shape index (κ3) is 3.63. The molecular weight excluding hydrogens is 293 g/mol. The summed E-state index contributed by atoms with van der Waals surface area (Å²) >= 11 is 0. The summed E-state index contributed by atoms with van der Waals surface area (Å²) in [5, 5.41) is 2.79. The molecule has 0 atom stereocenters. The second-order valence-corrected chi connectivity index (χ2v) is 5.28. The van der Waals surface area contributed by atoms with Crippen molar-refractivity contribution in [3.63, 3.8) is 0 Å². The number of aromatic amines is 1. The number of amides is 1. The highest BCUT2D eigenvalue weighted by Crippen LogP contribution is 2.21. The molecule has 1 amide bonds. The van der Waals surface area contributed by atoms with Gasteiger partial charge in [-0.15, -0.1) is 0 Å². The molecule has 1 aromatic heterocycles. The molecule has 0 saturated heterocycles. The smallest absolute Gasteiger partial charge is 0.228 e. The van der Waals surface area contributed by atoms with Crippen LogP contribution in [0.2, 0.25) is 0 Å². The number of anilines is 1. The first-order chi connectivity index (χ1) is 11.1. The number of benzene rings is 2. The van der Waals surface area contributed by atoms with E-state index in [1.807, 2.05) is 25.1 Å². The highest BCUT2D eigenvalue weighted by Gasteiger charge is 2.09. The lowest BCUT2D eigenvalue weighted by Gasteiger charge is -2.07. The van der Waals surface area contributed by atoms with Crippen LogP contribution in [-0.2, 0) is 11.2 Å². The van der Waals surface area contributed by atoms with E-state index in [4.69, 9.17) is 0 Å². The Morgan fingerprint density at radius 3 is 2.78 bits per heavy atom. The maximum absolute atomic E-state index is 13.6. The average molecular weight is 309 g/mol. The SMILES string of the molecule is Cc1ncc(-c2cccc(NC(=O)Cc3ccccc3F)c2)[nH]1. The van der Waals surface area contributed by atoms with E-state index in [1.54, 1.807) is 30.5 Å². The Kier molecular flexibility index (Phi) is 4.19. The van der Waals surface area contributed by atoms with Crippen molar-refractivity contribution in [2.75, 3.05) is 5.32 Å². The summed E-state index contributed by atoms with van der Waals surface area (Å²) in [4.78, 5) is 19.4. The van der Waals surface area contributed by atoms with Gasteiger partial charge in [-0.25, -0.2) is 9.37 Å². The summed E-state index contributed by atoms with van der Waals surface area (Å²) in [5.41, 5.74) is 2.85. The number of H-pyrrole nitrogens is 1. The monoisotopic (exact) mass is 309 g/mol. The Morgan fingerprint density at radius 1 is 1.22 bits per heavy atom.